The summed E-state index contributed by atoms with van der Waals surface area (Å²) in [5, 5.41) is 10.8. The predicted molar refractivity (Wildman–Crippen MR) is 106 cm³/mol. The molecule has 9 heteroatoms. The molecule has 3 heterocycles. The van der Waals surface area contributed by atoms with Gasteiger partial charge in [-0.1, -0.05) is 18.2 Å². The molecule has 152 valence electrons. The number of pyridine rings is 1. The molecule has 0 bridgehead atoms. The maximum atomic E-state index is 12.9. The predicted octanol–water partition coefficient (Wildman–Crippen LogP) is 4.62. The van der Waals surface area contributed by atoms with Crippen LogP contribution >= 0.6 is 11.6 Å². The van der Waals surface area contributed by atoms with Crippen LogP contribution in [0.15, 0.2) is 55.0 Å². The first-order valence-electron chi connectivity index (χ1n) is 9.23. The van der Waals surface area contributed by atoms with Crippen LogP contribution < -0.4 is 4.74 Å². The first kappa shape index (κ1) is 18.9. The Morgan fingerprint density at radius 3 is 2.63 bits per heavy atom. The lowest BCUT2D eigenvalue weighted by atomic mass is 9.95. The van der Waals surface area contributed by atoms with E-state index in [0.717, 1.165) is 16.8 Å². The van der Waals surface area contributed by atoms with Crippen molar-refractivity contribution in [3.8, 4) is 16.9 Å². The van der Waals surface area contributed by atoms with Crippen LogP contribution in [-0.2, 0) is 0 Å². The molecule has 0 spiro atoms. The van der Waals surface area contributed by atoms with Crippen molar-refractivity contribution in [2.45, 2.75) is 25.1 Å². The van der Waals surface area contributed by atoms with Crippen LogP contribution in [0.5, 0.6) is 5.75 Å². The van der Waals surface area contributed by atoms with Crippen LogP contribution in [-0.4, -0.2) is 31.1 Å². The van der Waals surface area contributed by atoms with Crippen molar-refractivity contribution >= 4 is 17.2 Å². The van der Waals surface area contributed by atoms with E-state index in [1.807, 2.05) is 22.7 Å². The monoisotopic (exact) mass is 428 g/mol. The van der Waals surface area contributed by atoms with Gasteiger partial charge in [-0.05, 0) is 36.2 Å². The molecule has 1 N–H and O–H groups in total. The van der Waals surface area contributed by atoms with Gasteiger partial charge in [0.25, 0.3) is 0 Å². The molecule has 1 aliphatic rings. The summed E-state index contributed by atoms with van der Waals surface area (Å²) in [5.41, 5.74) is 4.11. The number of aromatic nitrogens is 4. The highest BCUT2D eigenvalue weighted by Crippen LogP contribution is 2.46. The molecule has 0 saturated heterocycles. The zero-order chi connectivity index (χ0) is 20.8. The quantitative estimate of drug-likeness (QED) is 0.480. The van der Waals surface area contributed by atoms with Gasteiger partial charge in [-0.25, -0.2) is 15.0 Å². The topological polar surface area (TPSA) is 72.5 Å². The first-order valence-corrected chi connectivity index (χ1v) is 9.60. The van der Waals surface area contributed by atoms with E-state index in [9.17, 15) is 13.9 Å². The molecule has 0 saturated carbocycles. The molecule has 2 atom stereocenters. The number of benzene rings is 1. The minimum atomic E-state index is -2.93. The van der Waals surface area contributed by atoms with E-state index >= 15 is 0 Å². The molecule has 0 aliphatic heterocycles. The smallest absolute Gasteiger partial charge is 0.387 e. The summed E-state index contributed by atoms with van der Waals surface area (Å²) in [6, 6.07) is 10.3. The Kier molecular flexibility index (Phi) is 4.60. The highest BCUT2D eigenvalue weighted by molar-refractivity contribution is 6.28. The molecule has 0 unspecified atom stereocenters. The van der Waals surface area contributed by atoms with Gasteiger partial charge in [0.15, 0.2) is 0 Å². The zero-order valence-corrected chi connectivity index (χ0v) is 16.2. The van der Waals surface area contributed by atoms with E-state index in [4.69, 9.17) is 16.3 Å². The maximum Gasteiger partial charge on any atom is 0.387 e. The number of fused-ring (bicyclic) bond motifs is 3. The lowest BCUT2D eigenvalue weighted by Crippen LogP contribution is -2.08. The standard InChI is InChI=1S/C21H15ClF2N4O2/c22-20-25-8-12(9-26-20)11-5-6-17-27-18-15(29)7-14(19(18)28(17)10-11)13-3-1-2-4-16(13)30-21(23)24/h1-6,8-10,14-15,21,29H,7H2/t14-,15-/m1/s1. The summed E-state index contributed by atoms with van der Waals surface area (Å²) in [4.78, 5) is 12.6. The molecule has 1 aliphatic carbocycles. The van der Waals surface area contributed by atoms with Crippen LogP contribution in [0, 0.1) is 0 Å². The lowest BCUT2D eigenvalue weighted by Gasteiger charge is -2.17. The van der Waals surface area contributed by atoms with Gasteiger partial charge in [0.1, 0.15) is 11.4 Å². The molecule has 0 radical (unpaired) electrons. The number of rotatable bonds is 4. The molecular weight excluding hydrogens is 414 g/mol. The van der Waals surface area contributed by atoms with Crippen LogP contribution in [0.25, 0.3) is 16.8 Å². The van der Waals surface area contributed by atoms with Gasteiger partial charge in [-0.2, -0.15) is 8.78 Å². The van der Waals surface area contributed by atoms with Gasteiger partial charge in [-0.15, -0.1) is 0 Å². The third-order valence-corrected chi connectivity index (χ3v) is 5.45. The van der Waals surface area contributed by atoms with E-state index in [0.29, 0.717) is 23.3 Å². The minimum Gasteiger partial charge on any atom is -0.435 e. The van der Waals surface area contributed by atoms with Crippen molar-refractivity contribution in [2.24, 2.45) is 0 Å². The fourth-order valence-electron chi connectivity index (χ4n) is 4.00. The molecule has 5 rings (SSSR count). The lowest BCUT2D eigenvalue weighted by molar-refractivity contribution is -0.0505. The average Bonchev–Trinajstić information content (AvgIpc) is 3.26. The molecule has 1 aromatic carbocycles. The Morgan fingerprint density at radius 2 is 1.87 bits per heavy atom. The molecule has 0 amide bonds. The average molecular weight is 429 g/mol. The van der Waals surface area contributed by atoms with Crippen LogP contribution in [0.2, 0.25) is 5.28 Å². The molecule has 0 fully saturated rings. The van der Waals surface area contributed by atoms with Crippen molar-refractivity contribution in [3.63, 3.8) is 0 Å². The van der Waals surface area contributed by atoms with E-state index in [1.165, 1.54) is 6.07 Å². The number of ether oxygens (including phenoxy) is 1. The van der Waals surface area contributed by atoms with Gasteiger partial charge in [0, 0.05) is 41.2 Å². The Bertz CT molecular complexity index is 1230. The summed E-state index contributed by atoms with van der Waals surface area (Å²) in [6.45, 7) is -2.93. The van der Waals surface area contributed by atoms with E-state index in [2.05, 4.69) is 15.0 Å². The third kappa shape index (κ3) is 3.18. The Balaban J connectivity index is 1.65. The number of aliphatic hydroxyl groups is 1. The SMILES string of the molecule is O[C@@H]1C[C@H](c2ccccc2OC(F)F)c2c1nc1ccc(-c3cnc(Cl)nc3)cn21. The summed E-state index contributed by atoms with van der Waals surface area (Å²) >= 11 is 5.78. The third-order valence-electron chi connectivity index (χ3n) is 5.25. The highest BCUT2D eigenvalue weighted by Gasteiger charge is 2.37. The minimum absolute atomic E-state index is 0.0924. The fraction of sp³-hybridized carbons (Fsp3) is 0.190. The largest absolute Gasteiger partial charge is 0.435 e. The van der Waals surface area contributed by atoms with Crippen molar-refractivity contribution in [1.29, 1.82) is 0 Å². The first-order chi connectivity index (χ1) is 14.5. The summed E-state index contributed by atoms with van der Waals surface area (Å²) in [6.07, 6.45) is 4.64. The van der Waals surface area contributed by atoms with E-state index in [-0.39, 0.29) is 17.0 Å². The van der Waals surface area contributed by atoms with Gasteiger partial charge in [0.05, 0.1) is 17.5 Å². The normalized spacial score (nSPS) is 18.2. The highest BCUT2D eigenvalue weighted by atomic mass is 35.5. The van der Waals surface area contributed by atoms with Gasteiger partial charge in [0.2, 0.25) is 5.28 Å². The van der Waals surface area contributed by atoms with E-state index in [1.54, 1.807) is 30.6 Å². The van der Waals surface area contributed by atoms with Crippen LogP contribution in [0.4, 0.5) is 8.78 Å². The van der Waals surface area contributed by atoms with Gasteiger partial charge < -0.3 is 14.2 Å². The van der Waals surface area contributed by atoms with E-state index < -0.39 is 12.7 Å². The van der Waals surface area contributed by atoms with Crippen molar-refractivity contribution < 1.29 is 18.6 Å². The number of halogens is 3. The second-order valence-electron chi connectivity index (χ2n) is 6.99. The molecular formula is C21H15ClF2N4O2. The Morgan fingerprint density at radius 1 is 1.10 bits per heavy atom. The van der Waals surface area contributed by atoms with Crippen molar-refractivity contribution in [2.75, 3.05) is 0 Å². The zero-order valence-electron chi connectivity index (χ0n) is 15.4. The van der Waals surface area contributed by atoms with Gasteiger partial charge in [-0.3, -0.25) is 0 Å². The molecule has 30 heavy (non-hydrogen) atoms. The second kappa shape index (κ2) is 7.30. The summed E-state index contributed by atoms with van der Waals surface area (Å²) in [7, 11) is 0. The molecule has 6 nitrogen and oxygen atoms in total. The second-order valence-corrected chi connectivity index (χ2v) is 7.33. The number of aliphatic hydroxyl groups excluding tert-OH is 1. The Labute approximate surface area is 174 Å². The molecule has 3 aromatic heterocycles. The van der Waals surface area contributed by atoms with Crippen molar-refractivity contribution in [1.82, 2.24) is 19.4 Å². The fourth-order valence-corrected chi connectivity index (χ4v) is 4.09. The summed E-state index contributed by atoms with van der Waals surface area (Å²) in [5.74, 6) is -0.258. The maximum absolute atomic E-state index is 12.9. The molecule has 4 aromatic rings. The number of hydrogen-bond donors (Lipinski definition) is 1. The number of nitrogens with zero attached hydrogens (tertiary/aromatic N) is 4. The van der Waals surface area contributed by atoms with Crippen LogP contribution in [0.3, 0.4) is 0 Å². The number of para-hydroxylation sites is 1. The van der Waals surface area contributed by atoms with Crippen LogP contribution in [0.1, 0.15) is 35.4 Å². The number of alkyl halides is 2. The van der Waals surface area contributed by atoms with Crippen molar-refractivity contribution in [3.05, 3.63) is 77.2 Å². The Hall–Kier alpha value is -3.10. The number of hydrogen-bond acceptors (Lipinski definition) is 5. The summed E-state index contributed by atoms with van der Waals surface area (Å²) < 4.78 is 32.4. The number of imidazole rings is 1. The van der Waals surface area contributed by atoms with Gasteiger partial charge >= 0.3 is 6.61 Å².